The van der Waals surface area contributed by atoms with Crippen LogP contribution in [0, 0.1) is 0 Å². The molecular formula is C10H10N2O3. The van der Waals surface area contributed by atoms with Gasteiger partial charge in [0.25, 0.3) is 5.91 Å². The number of fused-ring (bicyclic) bond motifs is 1. The summed E-state index contributed by atoms with van der Waals surface area (Å²) in [6.07, 6.45) is 0. The van der Waals surface area contributed by atoms with E-state index in [4.69, 9.17) is 0 Å². The van der Waals surface area contributed by atoms with E-state index in [0.29, 0.717) is 11.3 Å². The molecule has 1 aliphatic rings. The molecule has 0 atom stereocenters. The van der Waals surface area contributed by atoms with Gasteiger partial charge in [0.15, 0.2) is 0 Å². The molecule has 2 amide bonds. The highest BCUT2D eigenvalue weighted by Gasteiger charge is 2.23. The van der Waals surface area contributed by atoms with Gasteiger partial charge in [-0.15, -0.1) is 0 Å². The number of amides is 2. The Morgan fingerprint density at radius 1 is 1.40 bits per heavy atom. The molecule has 5 nitrogen and oxygen atoms in total. The molecule has 2 N–H and O–H groups in total. The Balaban J connectivity index is 2.55. The van der Waals surface area contributed by atoms with Crippen LogP contribution < -0.4 is 5.32 Å². The van der Waals surface area contributed by atoms with Crippen LogP contribution in [0.3, 0.4) is 0 Å². The van der Waals surface area contributed by atoms with E-state index in [0.717, 1.165) is 0 Å². The van der Waals surface area contributed by atoms with E-state index < -0.39 is 0 Å². The molecule has 0 unspecified atom stereocenters. The zero-order valence-corrected chi connectivity index (χ0v) is 8.15. The van der Waals surface area contributed by atoms with Crippen molar-refractivity contribution < 1.29 is 14.7 Å². The number of carbonyl (C=O) groups is 2. The van der Waals surface area contributed by atoms with Crippen molar-refractivity contribution in [3.63, 3.8) is 0 Å². The number of aromatic hydroxyl groups is 1. The first kappa shape index (κ1) is 9.51. The van der Waals surface area contributed by atoms with Crippen molar-refractivity contribution in [1.29, 1.82) is 0 Å². The normalized spacial score (nSPS) is 15.7. The largest absolute Gasteiger partial charge is 0.508 e. The predicted molar refractivity (Wildman–Crippen MR) is 53.7 cm³/mol. The van der Waals surface area contributed by atoms with Gasteiger partial charge in [0.1, 0.15) is 5.75 Å². The molecule has 1 aliphatic heterocycles. The lowest BCUT2D eigenvalue weighted by Gasteiger charge is -2.12. The Morgan fingerprint density at radius 2 is 2.13 bits per heavy atom. The quantitative estimate of drug-likeness (QED) is 0.604. The molecule has 78 valence electrons. The van der Waals surface area contributed by atoms with Crippen molar-refractivity contribution >= 4 is 17.5 Å². The smallest absolute Gasteiger partial charge is 0.256 e. The van der Waals surface area contributed by atoms with Gasteiger partial charge >= 0.3 is 0 Å². The van der Waals surface area contributed by atoms with E-state index in [1.165, 1.54) is 23.1 Å². The first-order valence-corrected chi connectivity index (χ1v) is 4.46. The fourth-order valence-corrected chi connectivity index (χ4v) is 1.50. The van der Waals surface area contributed by atoms with Crippen molar-refractivity contribution in [3.05, 3.63) is 23.8 Å². The molecule has 2 rings (SSSR count). The lowest BCUT2D eigenvalue weighted by atomic mass is 10.1. The molecule has 15 heavy (non-hydrogen) atoms. The number of nitrogens with zero attached hydrogens (tertiary/aromatic N) is 1. The van der Waals surface area contributed by atoms with Crippen LogP contribution in [-0.4, -0.2) is 35.4 Å². The topological polar surface area (TPSA) is 69.6 Å². The van der Waals surface area contributed by atoms with Crippen LogP contribution >= 0.6 is 0 Å². The molecule has 0 bridgehead atoms. The second kappa shape index (κ2) is 3.27. The minimum Gasteiger partial charge on any atom is -0.508 e. The number of rotatable bonds is 0. The van der Waals surface area contributed by atoms with Crippen LogP contribution in [0.1, 0.15) is 10.4 Å². The first-order valence-electron chi connectivity index (χ1n) is 4.46. The number of benzene rings is 1. The van der Waals surface area contributed by atoms with Crippen LogP contribution in [0.2, 0.25) is 0 Å². The minimum absolute atomic E-state index is 0.00616. The molecule has 0 radical (unpaired) electrons. The van der Waals surface area contributed by atoms with Crippen molar-refractivity contribution in [1.82, 2.24) is 4.90 Å². The van der Waals surface area contributed by atoms with Crippen molar-refractivity contribution in [3.8, 4) is 5.75 Å². The van der Waals surface area contributed by atoms with Gasteiger partial charge < -0.3 is 15.3 Å². The Kier molecular flexibility index (Phi) is 2.07. The molecule has 0 aromatic heterocycles. The maximum atomic E-state index is 11.8. The summed E-state index contributed by atoms with van der Waals surface area (Å²) in [7, 11) is 1.54. The van der Waals surface area contributed by atoms with Crippen LogP contribution in [0.25, 0.3) is 0 Å². The fourth-order valence-electron chi connectivity index (χ4n) is 1.50. The molecule has 1 aromatic carbocycles. The van der Waals surface area contributed by atoms with E-state index in [1.807, 2.05) is 0 Å². The number of hydrogen-bond acceptors (Lipinski definition) is 3. The third-order valence-electron chi connectivity index (χ3n) is 2.24. The van der Waals surface area contributed by atoms with E-state index in [-0.39, 0.29) is 24.1 Å². The van der Waals surface area contributed by atoms with E-state index in [1.54, 1.807) is 7.05 Å². The summed E-state index contributed by atoms with van der Waals surface area (Å²) in [4.78, 5) is 24.4. The van der Waals surface area contributed by atoms with Crippen LogP contribution in [0.15, 0.2) is 18.2 Å². The van der Waals surface area contributed by atoms with Gasteiger partial charge in [-0.2, -0.15) is 0 Å². The van der Waals surface area contributed by atoms with Crippen molar-refractivity contribution in [2.24, 2.45) is 0 Å². The maximum absolute atomic E-state index is 11.8. The molecule has 0 spiro atoms. The molecule has 0 fully saturated rings. The highest BCUT2D eigenvalue weighted by atomic mass is 16.3. The molecule has 0 saturated heterocycles. The van der Waals surface area contributed by atoms with Crippen LogP contribution in [-0.2, 0) is 4.79 Å². The summed E-state index contributed by atoms with van der Waals surface area (Å²) in [6, 6.07) is 4.29. The van der Waals surface area contributed by atoms with Crippen molar-refractivity contribution in [2.75, 3.05) is 18.9 Å². The Labute approximate surface area is 86.3 Å². The SMILES string of the molecule is CN1CC(=O)Nc2ccc(O)cc2C1=O. The molecule has 5 heteroatoms. The van der Waals surface area contributed by atoms with E-state index in [2.05, 4.69) is 5.32 Å². The highest BCUT2D eigenvalue weighted by Crippen LogP contribution is 2.24. The van der Waals surface area contributed by atoms with Gasteiger partial charge in [0.05, 0.1) is 17.8 Å². The summed E-state index contributed by atoms with van der Waals surface area (Å²) in [6.45, 7) is 0.0221. The number of phenols is 1. The van der Waals surface area contributed by atoms with Gasteiger partial charge in [-0.1, -0.05) is 0 Å². The molecule has 0 aliphatic carbocycles. The highest BCUT2D eigenvalue weighted by molar-refractivity contribution is 6.08. The second-order valence-electron chi connectivity index (χ2n) is 3.44. The Morgan fingerprint density at radius 3 is 2.87 bits per heavy atom. The van der Waals surface area contributed by atoms with Gasteiger partial charge in [0.2, 0.25) is 5.91 Å². The Bertz CT molecular complexity index is 442. The average molecular weight is 206 g/mol. The van der Waals surface area contributed by atoms with E-state index in [9.17, 15) is 14.7 Å². The minimum atomic E-state index is -0.278. The number of nitrogens with one attached hydrogen (secondary N) is 1. The second-order valence-corrected chi connectivity index (χ2v) is 3.44. The number of phenolic OH excluding ortho intramolecular Hbond substituents is 1. The summed E-state index contributed by atoms with van der Waals surface area (Å²) in [5.74, 6) is -0.513. The number of anilines is 1. The monoisotopic (exact) mass is 206 g/mol. The molecule has 1 heterocycles. The summed E-state index contributed by atoms with van der Waals surface area (Å²) in [5, 5.41) is 11.9. The zero-order valence-electron chi connectivity index (χ0n) is 8.15. The maximum Gasteiger partial charge on any atom is 0.256 e. The fraction of sp³-hybridized carbons (Fsp3) is 0.200. The number of hydrogen-bond donors (Lipinski definition) is 2. The Hall–Kier alpha value is -2.04. The summed E-state index contributed by atoms with van der Waals surface area (Å²) >= 11 is 0. The van der Waals surface area contributed by atoms with Crippen LogP contribution in [0.5, 0.6) is 5.75 Å². The lowest BCUT2D eigenvalue weighted by molar-refractivity contribution is -0.116. The third-order valence-corrected chi connectivity index (χ3v) is 2.24. The number of likely N-dealkylation sites (N-methyl/N-ethyl adjacent to an activating group) is 1. The predicted octanol–water partition coefficient (Wildman–Crippen LogP) is 0.416. The summed E-state index contributed by atoms with van der Waals surface area (Å²) < 4.78 is 0. The third kappa shape index (κ3) is 1.63. The average Bonchev–Trinajstić information content (AvgIpc) is 2.27. The van der Waals surface area contributed by atoms with Gasteiger partial charge in [-0.3, -0.25) is 9.59 Å². The first-order chi connectivity index (χ1) is 7.08. The molecular weight excluding hydrogens is 196 g/mol. The standard InChI is InChI=1S/C10H10N2O3/c1-12-5-9(14)11-8-3-2-6(13)4-7(8)10(12)15/h2-4,13H,5H2,1H3,(H,11,14). The number of carbonyl (C=O) groups excluding carboxylic acids is 2. The van der Waals surface area contributed by atoms with Gasteiger partial charge in [-0.05, 0) is 18.2 Å². The molecule has 0 saturated carbocycles. The van der Waals surface area contributed by atoms with Crippen molar-refractivity contribution in [2.45, 2.75) is 0 Å². The van der Waals surface area contributed by atoms with Crippen LogP contribution in [0.4, 0.5) is 5.69 Å². The lowest BCUT2D eigenvalue weighted by Crippen LogP contribution is -2.31. The summed E-state index contributed by atoms with van der Waals surface area (Å²) in [5.41, 5.74) is 0.746. The van der Waals surface area contributed by atoms with Gasteiger partial charge in [0, 0.05) is 7.05 Å². The zero-order chi connectivity index (χ0) is 11.0. The molecule has 1 aromatic rings. The van der Waals surface area contributed by atoms with E-state index >= 15 is 0 Å². The van der Waals surface area contributed by atoms with Gasteiger partial charge in [-0.25, -0.2) is 0 Å².